The van der Waals surface area contributed by atoms with Crippen LogP contribution in [0.1, 0.15) is 11.3 Å². The zero-order valence-corrected chi connectivity index (χ0v) is 10.7. The largest absolute Gasteiger partial charge is 0.437 e. The molecule has 2 N–H and O–H groups in total. The lowest BCUT2D eigenvalue weighted by molar-refractivity contribution is 0.432. The molecule has 2 aromatic rings. The highest BCUT2D eigenvalue weighted by molar-refractivity contribution is 6.31. The zero-order chi connectivity index (χ0) is 12.6. The summed E-state index contributed by atoms with van der Waals surface area (Å²) >= 11 is 5.95. The Morgan fingerprint density at radius 2 is 2.06 bits per heavy atom. The fourth-order valence-corrected chi connectivity index (χ4v) is 1.68. The van der Waals surface area contributed by atoms with Crippen molar-refractivity contribution in [3.63, 3.8) is 0 Å². The number of nitrogen functional groups attached to an aromatic ring is 1. The van der Waals surface area contributed by atoms with Crippen LogP contribution in [0.15, 0.2) is 18.2 Å². The quantitative estimate of drug-likeness (QED) is 0.893. The normalized spacial score (nSPS) is 10.6. The highest BCUT2D eigenvalue weighted by Crippen LogP contribution is 2.30. The fourth-order valence-electron chi connectivity index (χ4n) is 1.57. The van der Waals surface area contributed by atoms with Gasteiger partial charge >= 0.3 is 0 Å². The van der Waals surface area contributed by atoms with E-state index in [1.165, 1.54) is 0 Å². The van der Waals surface area contributed by atoms with E-state index in [1.807, 2.05) is 19.9 Å². The molecule has 0 saturated carbocycles. The van der Waals surface area contributed by atoms with Crippen molar-refractivity contribution in [2.24, 2.45) is 7.05 Å². The van der Waals surface area contributed by atoms with Gasteiger partial charge in [-0.2, -0.15) is 5.10 Å². The standard InChI is InChI=1S/C12H14ClN3O/c1-7-6-9(4-5-10(7)13)17-12-11(14)8(2)15-16(12)3/h4-6H,14H2,1-3H3. The van der Waals surface area contributed by atoms with Gasteiger partial charge in [0, 0.05) is 12.1 Å². The lowest BCUT2D eigenvalue weighted by Crippen LogP contribution is -1.97. The van der Waals surface area contributed by atoms with E-state index < -0.39 is 0 Å². The van der Waals surface area contributed by atoms with E-state index in [1.54, 1.807) is 23.9 Å². The van der Waals surface area contributed by atoms with Gasteiger partial charge in [-0.25, -0.2) is 4.68 Å². The number of halogens is 1. The summed E-state index contributed by atoms with van der Waals surface area (Å²) in [6, 6.07) is 5.47. The van der Waals surface area contributed by atoms with Gasteiger partial charge in [-0.1, -0.05) is 11.6 Å². The van der Waals surface area contributed by atoms with Crippen LogP contribution in [-0.2, 0) is 7.05 Å². The molecule has 0 spiro atoms. The third-order valence-corrected chi connectivity index (χ3v) is 2.98. The maximum Gasteiger partial charge on any atom is 0.241 e. The van der Waals surface area contributed by atoms with E-state index >= 15 is 0 Å². The Kier molecular flexibility index (Phi) is 2.98. The summed E-state index contributed by atoms with van der Waals surface area (Å²) in [7, 11) is 1.79. The van der Waals surface area contributed by atoms with Gasteiger partial charge in [-0.15, -0.1) is 0 Å². The Labute approximate surface area is 105 Å². The van der Waals surface area contributed by atoms with Gasteiger partial charge in [0.15, 0.2) is 0 Å². The third-order valence-electron chi connectivity index (χ3n) is 2.56. The van der Waals surface area contributed by atoms with Crippen molar-refractivity contribution in [3.05, 3.63) is 34.5 Å². The van der Waals surface area contributed by atoms with E-state index in [0.717, 1.165) is 11.3 Å². The number of aryl methyl sites for hydroxylation is 3. The Hall–Kier alpha value is -1.68. The van der Waals surface area contributed by atoms with Crippen LogP contribution >= 0.6 is 11.6 Å². The monoisotopic (exact) mass is 251 g/mol. The number of hydrogen-bond acceptors (Lipinski definition) is 3. The molecule has 1 aromatic heterocycles. The van der Waals surface area contributed by atoms with Crippen molar-refractivity contribution in [1.29, 1.82) is 0 Å². The number of aromatic nitrogens is 2. The molecule has 90 valence electrons. The molecule has 2 rings (SSSR count). The minimum absolute atomic E-state index is 0.546. The minimum Gasteiger partial charge on any atom is -0.437 e. The maximum atomic E-state index is 5.95. The van der Waals surface area contributed by atoms with Crippen molar-refractivity contribution in [1.82, 2.24) is 9.78 Å². The van der Waals surface area contributed by atoms with Gasteiger partial charge in [-0.05, 0) is 37.6 Å². The van der Waals surface area contributed by atoms with Gasteiger partial charge in [0.25, 0.3) is 0 Å². The summed E-state index contributed by atoms with van der Waals surface area (Å²) in [5, 5.41) is 4.90. The van der Waals surface area contributed by atoms with Gasteiger partial charge in [-0.3, -0.25) is 0 Å². The molecule has 0 aliphatic carbocycles. The van der Waals surface area contributed by atoms with Gasteiger partial charge in [0.2, 0.25) is 5.88 Å². The SMILES string of the molecule is Cc1cc(Oc2c(N)c(C)nn2C)ccc1Cl. The molecule has 0 radical (unpaired) electrons. The number of ether oxygens (including phenoxy) is 1. The Morgan fingerprint density at radius 3 is 2.59 bits per heavy atom. The van der Waals surface area contributed by atoms with Crippen LogP contribution in [0.2, 0.25) is 5.02 Å². The van der Waals surface area contributed by atoms with Crippen LogP contribution in [-0.4, -0.2) is 9.78 Å². The molecule has 17 heavy (non-hydrogen) atoms. The van der Waals surface area contributed by atoms with E-state index in [-0.39, 0.29) is 0 Å². The molecule has 0 amide bonds. The lowest BCUT2D eigenvalue weighted by Gasteiger charge is -2.08. The highest BCUT2D eigenvalue weighted by Gasteiger charge is 2.12. The van der Waals surface area contributed by atoms with Crippen molar-refractivity contribution in [2.75, 3.05) is 5.73 Å². The molecule has 5 heteroatoms. The Morgan fingerprint density at radius 1 is 1.35 bits per heavy atom. The summed E-state index contributed by atoms with van der Waals surface area (Å²) in [5.41, 5.74) is 8.16. The van der Waals surface area contributed by atoms with Crippen LogP contribution in [0, 0.1) is 13.8 Å². The average Bonchev–Trinajstić information content (AvgIpc) is 2.50. The second-order valence-corrected chi connectivity index (χ2v) is 4.35. The van der Waals surface area contributed by atoms with E-state index in [4.69, 9.17) is 22.1 Å². The van der Waals surface area contributed by atoms with E-state index in [9.17, 15) is 0 Å². The Balaban J connectivity index is 2.34. The summed E-state index contributed by atoms with van der Waals surface area (Å²) in [6.07, 6.45) is 0. The summed E-state index contributed by atoms with van der Waals surface area (Å²) in [6.45, 7) is 3.77. The predicted molar refractivity (Wildman–Crippen MR) is 68.6 cm³/mol. The minimum atomic E-state index is 0.546. The number of nitrogens with two attached hydrogens (primary N) is 1. The number of anilines is 1. The van der Waals surface area contributed by atoms with Crippen LogP contribution in [0.4, 0.5) is 5.69 Å². The van der Waals surface area contributed by atoms with Crippen molar-refractivity contribution in [3.8, 4) is 11.6 Å². The van der Waals surface area contributed by atoms with Gasteiger partial charge in [0.1, 0.15) is 11.4 Å². The van der Waals surface area contributed by atoms with Gasteiger partial charge < -0.3 is 10.5 Å². The number of hydrogen-bond donors (Lipinski definition) is 1. The molecule has 0 bridgehead atoms. The molecule has 4 nitrogen and oxygen atoms in total. The van der Waals surface area contributed by atoms with Crippen molar-refractivity contribution >= 4 is 17.3 Å². The average molecular weight is 252 g/mol. The van der Waals surface area contributed by atoms with Crippen molar-refractivity contribution in [2.45, 2.75) is 13.8 Å². The van der Waals surface area contributed by atoms with Crippen LogP contribution in [0.3, 0.4) is 0 Å². The highest BCUT2D eigenvalue weighted by atomic mass is 35.5. The first-order chi connectivity index (χ1) is 7.99. The van der Waals surface area contributed by atoms with Crippen molar-refractivity contribution < 1.29 is 4.74 Å². The van der Waals surface area contributed by atoms with Crippen LogP contribution < -0.4 is 10.5 Å². The van der Waals surface area contributed by atoms with E-state index in [0.29, 0.717) is 22.3 Å². The van der Waals surface area contributed by atoms with Crippen LogP contribution in [0.5, 0.6) is 11.6 Å². The molecular formula is C12H14ClN3O. The van der Waals surface area contributed by atoms with Crippen LogP contribution in [0.25, 0.3) is 0 Å². The first-order valence-corrected chi connectivity index (χ1v) is 5.60. The second kappa shape index (κ2) is 4.30. The number of rotatable bonds is 2. The summed E-state index contributed by atoms with van der Waals surface area (Å²) in [4.78, 5) is 0. The zero-order valence-electron chi connectivity index (χ0n) is 9.99. The number of benzene rings is 1. The third kappa shape index (κ3) is 2.22. The van der Waals surface area contributed by atoms with Gasteiger partial charge in [0.05, 0.1) is 5.69 Å². The molecule has 0 saturated heterocycles. The Bertz CT molecular complexity index is 563. The topological polar surface area (TPSA) is 53.1 Å². The second-order valence-electron chi connectivity index (χ2n) is 3.94. The summed E-state index contributed by atoms with van der Waals surface area (Å²) < 4.78 is 7.33. The molecule has 0 atom stereocenters. The molecule has 1 heterocycles. The molecule has 0 aliphatic rings. The summed E-state index contributed by atoms with van der Waals surface area (Å²) in [5.74, 6) is 1.24. The molecule has 1 aromatic carbocycles. The first-order valence-electron chi connectivity index (χ1n) is 5.22. The van der Waals surface area contributed by atoms with E-state index in [2.05, 4.69) is 5.10 Å². The maximum absolute atomic E-state index is 5.95. The molecule has 0 aliphatic heterocycles. The number of nitrogens with zero attached hydrogens (tertiary/aromatic N) is 2. The lowest BCUT2D eigenvalue weighted by atomic mass is 10.2. The predicted octanol–water partition coefficient (Wildman–Crippen LogP) is 3.06. The molecular weight excluding hydrogens is 238 g/mol. The molecule has 0 fully saturated rings. The first kappa shape index (κ1) is 11.8. The molecule has 0 unspecified atom stereocenters. The smallest absolute Gasteiger partial charge is 0.241 e. The fraction of sp³-hybridized carbons (Fsp3) is 0.250.